The first kappa shape index (κ1) is 17.9. The highest BCUT2D eigenvalue weighted by atomic mass is 32.2. The van der Waals surface area contributed by atoms with Crippen LogP contribution in [0.15, 0.2) is 54.6 Å². The highest BCUT2D eigenvalue weighted by Crippen LogP contribution is 2.30. The van der Waals surface area contributed by atoms with E-state index in [-0.39, 0.29) is 0 Å². The third kappa shape index (κ3) is 5.03. The number of ether oxygens (including phenoxy) is 1. The van der Waals surface area contributed by atoms with Gasteiger partial charge in [-0.25, -0.2) is 0 Å². The van der Waals surface area contributed by atoms with Gasteiger partial charge in [0.15, 0.2) is 0 Å². The third-order valence-corrected chi connectivity index (χ3v) is 4.88. The van der Waals surface area contributed by atoms with Crippen LogP contribution in [0.1, 0.15) is 13.8 Å². The minimum Gasteiger partial charge on any atom is -0.439 e. The van der Waals surface area contributed by atoms with Gasteiger partial charge < -0.3 is 9.64 Å². The monoisotopic (exact) mass is 361 g/mol. The maximum absolute atomic E-state index is 5.89. The molecule has 0 heterocycles. The van der Waals surface area contributed by atoms with Gasteiger partial charge in [0.25, 0.3) is 0 Å². The summed E-state index contributed by atoms with van der Waals surface area (Å²) in [6.45, 7) is 5.88. The zero-order chi connectivity index (χ0) is 16.7. The molecule has 0 aliphatic carbocycles. The molecular weight excluding hydrogens is 342 g/mol. The Labute approximate surface area is 152 Å². The summed E-state index contributed by atoms with van der Waals surface area (Å²) in [5.74, 6) is 0.749. The van der Waals surface area contributed by atoms with Crippen molar-refractivity contribution in [1.29, 1.82) is 0 Å². The lowest BCUT2D eigenvalue weighted by Crippen LogP contribution is -2.27. The fourth-order valence-corrected chi connectivity index (χ4v) is 3.77. The van der Waals surface area contributed by atoms with Crippen LogP contribution in [0.4, 0.5) is 0 Å². The van der Waals surface area contributed by atoms with E-state index >= 15 is 0 Å². The average molecular weight is 362 g/mol. The zero-order valence-corrected chi connectivity index (χ0v) is 15.6. The number of thioether (sulfide) groups is 1. The number of nitrogens with zero attached hydrogens (tertiary/aromatic N) is 1. The largest absolute Gasteiger partial charge is 0.439 e. The molecule has 5 heteroatoms. The Hall–Kier alpha value is -1.43. The molecule has 0 aliphatic heterocycles. The maximum Gasteiger partial charge on any atom is 0.232 e. The van der Waals surface area contributed by atoms with E-state index in [2.05, 4.69) is 30.9 Å². The Morgan fingerprint density at radius 2 is 1.57 bits per heavy atom. The van der Waals surface area contributed by atoms with E-state index in [1.54, 1.807) is 0 Å². The van der Waals surface area contributed by atoms with E-state index < -0.39 is 0 Å². The van der Waals surface area contributed by atoms with Gasteiger partial charge in [-0.15, -0.1) is 0 Å². The molecule has 0 aliphatic rings. The van der Waals surface area contributed by atoms with Crippen LogP contribution in [0, 0.1) is 0 Å². The molecule has 0 aromatic heterocycles. The van der Waals surface area contributed by atoms with Crippen molar-refractivity contribution in [3.05, 3.63) is 54.6 Å². The molecule has 2 aromatic carbocycles. The Morgan fingerprint density at radius 1 is 0.957 bits per heavy atom. The molecule has 0 radical (unpaired) electrons. The number of hydrogen-bond acceptors (Lipinski definition) is 4. The normalized spacial score (nSPS) is 10.2. The van der Waals surface area contributed by atoms with Crippen molar-refractivity contribution >= 4 is 44.9 Å². The molecule has 0 N–H and O–H groups in total. The van der Waals surface area contributed by atoms with Crippen LogP contribution < -0.4 is 4.74 Å². The summed E-state index contributed by atoms with van der Waals surface area (Å²) < 4.78 is 7.06. The van der Waals surface area contributed by atoms with E-state index in [1.165, 1.54) is 11.8 Å². The van der Waals surface area contributed by atoms with Crippen molar-refractivity contribution in [3.63, 3.8) is 0 Å². The molecule has 0 bridgehead atoms. The van der Waals surface area contributed by atoms with Crippen LogP contribution >= 0.6 is 36.2 Å². The van der Waals surface area contributed by atoms with Gasteiger partial charge in [-0.2, -0.15) is 0 Å². The zero-order valence-electron chi connectivity index (χ0n) is 13.2. The molecule has 0 atom stereocenters. The van der Waals surface area contributed by atoms with E-state index in [4.69, 9.17) is 29.2 Å². The Balaban J connectivity index is 2.12. The predicted molar refractivity (Wildman–Crippen MR) is 108 cm³/mol. The van der Waals surface area contributed by atoms with Crippen LogP contribution in [0.5, 0.6) is 5.75 Å². The fraction of sp³-hybridized carbons (Fsp3) is 0.222. The summed E-state index contributed by atoms with van der Waals surface area (Å²) in [5.41, 5.74) is 2.12. The predicted octanol–water partition coefficient (Wildman–Crippen LogP) is 5.38. The van der Waals surface area contributed by atoms with Gasteiger partial charge in [-0.05, 0) is 49.5 Å². The first-order valence-corrected chi connectivity index (χ1v) is 9.12. The summed E-state index contributed by atoms with van der Waals surface area (Å²) in [4.78, 5) is 2.08. The van der Waals surface area contributed by atoms with Crippen LogP contribution in [0.2, 0.25) is 0 Å². The summed E-state index contributed by atoms with van der Waals surface area (Å²) >= 11 is 12.1. The molecule has 23 heavy (non-hydrogen) atoms. The highest BCUT2D eigenvalue weighted by molar-refractivity contribution is 8.37. The first-order valence-electron chi connectivity index (χ1n) is 7.48. The van der Waals surface area contributed by atoms with E-state index in [0.29, 0.717) is 4.38 Å². The molecule has 2 rings (SSSR count). The second-order valence-electron chi connectivity index (χ2n) is 4.75. The lowest BCUT2D eigenvalue weighted by Gasteiger charge is -2.21. The summed E-state index contributed by atoms with van der Waals surface area (Å²) in [6, 6.07) is 18.0. The lowest BCUT2D eigenvalue weighted by molar-refractivity contribution is 0.482. The van der Waals surface area contributed by atoms with Gasteiger partial charge in [0.1, 0.15) is 10.1 Å². The molecular formula is C18H19NOS3. The minimum absolute atomic E-state index is 0.422. The first-order chi connectivity index (χ1) is 11.2. The van der Waals surface area contributed by atoms with Gasteiger partial charge in [-0.1, -0.05) is 60.7 Å². The summed E-state index contributed by atoms with van der Waals surface area (Å²) in [7, 11) is 0. The van der Waals surface area contributed by atoms with Crippen LogP contribution in [-0.4, -0.2) is 26.7 Å². The topological polar surface area (TPSA) is 12.5 Å². The Morgan fingerprint density at radius 3 is 2.22 bits per heavy atom. The van der Waals surface area contributed by atoms with E-state index in [0.717, 1.165) is 34.3 Å². The Bertz CT molecular complexity index is 669. The van der Waals surface area contributed by atoms with Gasteiger partial charge >= 0.3 is 0 Å². The van der Waals surface area contributed by atoms with Crippen molar-refractivity contribution < 1.29 is 4.74 Å². The fourth-order valence-electron chi connectivity index (χ4n) is 2.14. The van der Waals surface area contributed by atoms with Crippen molar-refractivity contribution in [2.24, 2.45) is 0 Å². The molecule has 120 valence electrons. The molecule has 0 saturated carbocycles. The molecule has 0 unspecified atom stereocenters. The number of benzene rings is 2. The molecule has 2 aromatic rings. The van der Waals surface area contributed by atoms with Crippen LogP contribution in [0.25, 0.3) is 11.1 Å². The van der Waals surface area contributed by atoms with E-state index in [1.807, 2.05) is 42.5 Å². The van der Waals surface area contributed by atoms with Crippen molar-refractivity contribution in [3.8, 4) is 16.9 Å². The van der Waals surface area contributed by atoms with Crippen LogP contribution in [-0.2, 0) is 0 Å². The van der Waals surface area contributed by atoms with Crippen LogP contribution in [0.3, 0.4) is 0 Å². The van der Waals surface area contributed by atoms with Gasteiger partial charge in [0, 0.05) is 18.7 Å². The summed E-state index contributed by atoms with van der Waals surface area (Å²) in [6.07, 6.45) is 0. The van der Waals surface area contributed by atoms with E-state index in [9.17, 15) is 0 Å². The van der Waals surface area contributed by atoms with Gasteiger partial charge in [-0.3, -0.25) is 0 Å². The molecule has 0 fully saturated rings. The number of hydrogen-bond donors (Lipinski definition) is 0. The third-order valence-electron chi connectivity index (χ3n) is 3.36. The Kier molecular flexibility index (Phi) is 7.02. The SMILES string of the molecule is CCN(CC)C(=S)SC(=S)Oc1ccccc1-c1ccccc1. The van der Waals surface area contributed by atoms with Gasteiger partial charge in [0.2, 0.25) is 4.38 Å². The molecule has 0 saturated heterocycles. The smallest absolute Gasteiger partial charge is 0.232 e. The van der Waals surface area contributed by atoms with Gasteiger partial charge in [0.05, 0.1) is 0 Å². The molecule has 0 spiro atoms. The lowest BCUT2D eigenvalue weighted by atomic mass is 10.1. The van der Waals surface area contributed by atoms with Crippen molar-refractivity contribution in [2.75, 3.05) is 13.1 Å². The minimum atomic E-state index is 0.422. The number of rotatable bonds is 4. The second kappa shape index (κ2) is 9.01. The quantitative estimate of drug-likeness (QED) is 0.676. The second-order valence-corrected chi connectivity index (χ2v) is 6.99. The average Bonchev–Trinajstić information content (AvgIpc) is 2.57. The highest BCUT2D eigenvalue weighted by Gasteiger charge is 2.13. The maximum atomic E-state index is 5.89. The molecule has 0 amide bonds. The van der Waals surface area contributed by atoms with Crippen molar-refractivity contribution in [2.45, 2.75) is 13.8 Å². The number of para-hydroxylation sites is 1. The molecule has 2 nitrogen and oxygen atoms in total. The number of thiocarbonyl (C=S) groups is 2. The standard InChI is InChI=1S/C18H19NOS3/c1-3-19(4-2)17(21)23-18(22)20-16-13-9-8-12-15(16)14-10-6-5-7-11-14/h5-13H,3-4H2,1-2H3. The summed E-state index contributed by atoms with van der Waals surface area (Å²) in [5, 5.41) is 0. The van der Waals surface area contributed by atoms with Crippen molar-refractivity contribution in [1.82, 2.24) is 4.90 Å².